The molecule has 1 aromatic carbocycles. The second kappa shape index (κ2) is 5.28. The Bertz CT molecular complexity index is 574. The van der Waals surface area contributed by atoms with Gasteiger partial charge in [0, 0.05) is 10.4 Å². The van der Waals surface area contributed by atoms with Crippen LogP contribution >= 0.6 is 15.9 Å². The van der Waals surface area contributed by atoms with Crippen molar-refractivity contribution in [3.8, 4) is 5.69 Å². The summed E-state index contributed by atoms with van der Waals surface area (Å²) in [5.41, 5.74) is 7.60. The number of hydrogen-bond donors (Lipinski definition) is 1. The lowest BCUT2D eigenvalue weighted by Gasteiger charge is -2.20. The molecule has 5 nitrogen and oxygen atoms in total. The van der Waals surface area contributed by atoms with Crippen LogP contribution in [0.2, 0.25) is 0 Å². The summed E-state index contributed by atoms with van der Waals surface area (Å²) in [6.45, 7) is 0. The largest absolute Gasteiger partial charge is 0.397 e. The predicted octanol–water partition coefficient (Wildman–Crippen LogP) is 3.05. The Morgan fingerprint density at radius 1 is 1.21 bits per heavy atom. The molecule has 0 amide bonds. The molecule has 0 unspecified atom stereocenters. The van der Waals surface area contributed by atoms with Gasteiger partial charge in [-0.25, -0.2) is 0 Å². The number of benzene rings is 1. The molecule has 1 heterocycles. The fourth-order valence-corrected chi connectivity index (χ4v) is 3.08. The van der Waals surface area contributed by atoms with Crippen molar-refractivity contribution in [3.05, 3.63) is 28.5 Å². The van der Waals surface area contributed by atoms with Crippen LogP contribution in [-0.2, 0) is 0 Å². The van der Waals surface area contributed by atoms with Gasteiger partial charge in [0.15, 0.2) is 5.82 Å². The van der Waals surface area contributed by atoms with E-state index in [-0.39, 0.29) is 0 Å². The number of aromatic nitrogens is 4. The monoisotopic (exact) mass is 321 g/mol. The molecular weight excluding hydrogens is 306 g/mol. The van der Waals surface area contributed by atoms with Crippen LogP contribution in [-0.4, -0.2) is 20.2 Å². The first kappa shape index (κ1) is 12.6. The third-order valence-electron chi connectivity index (χ3n) is 3.68. The molecule has 3 rings (SSSR count). The molecule has 0 aliphatic heterocycles. The Balaban J connectivity index is 1.99. The molecule has 100 valence electrons. The fourth-order valence-electron chi connectivity index (χ4n) is 2.70. The van der Waals surface area contributed by atoms with Gasteiger partial charge in [0.1, 0.15) is 0 Å². The Morgan fingerprint density at radius 3 is 2.74 bits per heavy atom. The summed E-state index contributed by atoms with van der Waals surface area (Å²) in [5.74, 6) is 1.39. The second-order valence-electron chi connectivity index (χ2n) is 4.99. The summed E-state index contributed by atoms with van der Waals surface area (Å²) in [5, 5.41) is 12.2. The van der Waals surface area contributed by atoms with Gasteiger partial charge < -0.3 is 5.73 Å². The molecule has 1 aliphatic carbocycles. The molecule has 6 heteroatoms. The summed E-state index contributed by atoms with van der Waals surface area (Å²) < 4.78 is 2.75. The van der Waals surface area contributed by atoms with E-state index in [1.165, 1.54) is 19.3 Å². The van der Waals surface area contributed by atoms with Crippen molar-refractivity contribution in [3.63, 3.8) is 0 Å². The van der Waals surface area contributed by atoms with Crippen molar-refractivity contribution in [2.24, 2.45) is 0 Å². The summed E-state index contributed by atoms with van der Waals surface area (Å²) in [6, 6.07) is 5.78. The van der Waals surface area contributed by atoms with Gasteiger partial charge in [0.25, 0.3) is 0 Å². The molecule has 0 bridgehead atoms. The third kappa shape index (κ3) is 2.49. The molecule has 2 aromatic rings. The van der Waals surface area contributed by atoms with E-state index in [1.807, 2.05) is 18.2 Å². The second-order valence-corrected chi connectivity index (χ2v) is 5.90. The topological polar surface area (TPSA) is 69.6 Å². The Morgan fingerprint density at radius 2 is 2.00 bits per heavy atom. The Hall–Kier alpha value is -1.43. The van der Waals surface area contributed by atoms with Crippen molar-refractivity contribution < 1.29 is 0 Å². The Kier molecular flexibility index (Phi) is 3.50. The van der Waals surface area contributed by atoms with Gasteiger partial charge >= 0.3 is 0 Å². The number of tetrazole rings is 1. The maximum Gasteiger partial charge on any atom is 0.159 e. The van der Waals surface area contributed by atoms with Gasteiger partial charge in [-0.3, -0.25) is 0 Å². The number of hydrogen-bond acceptors (Lipinski definition) is 4. The van der Waals surface area contributed by atoms with Crippen molar-refractivity contribution in [2.45, 2.75) is 38.0 Å². The molecule has 19 heavy (non-hydrogen) atoms. The number of nitrogen functional groups attached to an aromatic ring is 1. The highest BCUT2D eigenvalue weighted by Gasteiger charge is 2.22. The van der Waals surface area contributed by atoms with Crippen LogP contribution in [0.25, 0.3) is 5.69 Å². The lowest BCUT2D eigenvalue weighted by atomic mass is 9.88. The first-order valence-corrected chi connectivity index (χ1v) is 7.38. The molecule has 0 atom stereocenters. The van der Waals surface area contributed by atoms with Crippen LogP contribution < -0.4 is 5.73 Å². The first-order chi connectivity index (χ1) is 9.25. The third-order valence-corrected chi connectivity index (χ3v) is 4.17. The average molecular weight is 322 g/mol. The zero-order chi connectivity index (χ0) is 13.2. The SMILES string of the molecule is Nc1cc(Br)ccc1-n1nnnc1C1CCCCC1. The number of halogens is 1. The fraction of sp³-hybridized carbons (Fsp3) is 0.462. The maximum absolute atomic E-state index is 6.06. The molecule has 0 spiro atoms. The maximum atomic E-state index is 6.06. The average Bonchev–Trinajstić information content (AvgIpc) is 2.89. The number of nitrogens with zero attached hydrogens (tertiary/aromatic N) is 4. The van der Waals surface area contributed by atoms with Crippen molar-refractivity contribution in [2.75, 3.05) is 5.73 Å². The minimum absolute atomic E-state index is 0.451. The van der Waals surface area contributed by atoms with Gasteiger partial charge in [-0.15, -0.1) is 5.10 Å². The van der Waals surface area contributed by atoms with Crippen molar-refractivity contribution in [1.29, 1.82) is 0 Å². The smallest absolute Gasteiger partial charge is 0.159 e. The van der Waals surface area contributed by atoms with Gasteiger partial charge in [-0.05, 0) is 41.5 Å². The van der Waals surface area contributed by atoms with E-state index in [0.29, 0.717) is 11.6 Å². The Labute approximate surface area is 120 Å². The summed E-state index contributed by atoms with van der Waals surface area (Å²) in [4.78, 5) is 0. The lowest BCUT2D eigenvalue weighted by Crippen LogP contribution is -2.13. The first-order valence-electron chi connectivity index (χ1n) is 6.59. The van der Waals surface area contributed by atoms with Crippen molar-refractivity contribution >= 4 is 21.6 Å². The summed E-state index contributed by atoms with van der Waals surface area (Å²) >= 11 is 3.41. The predicted molar refractivity (Wildman–Crippen MR) is 77.1 cm³/mol. The molecule has 0 saturated heterocycles. The summed E-state index contributed by atoms with van der Waals surface area (Å²) in [6.07, 6.45) is 6.16. The quantitative estimate of drug-likeness (QED) is 0.863. The zero-order valence-electron chi connectivity index (χ0n) is 10.6. The number of nitrogens with two attached hydrogens (primary N) is 1. The van der Waals surface area contributed by atoms with E-state index in [9.17, 15) is 0 Å². The normalized spacial score (nSPS) is 16.7. The number of rotatable bonds is 2. The van der Waals surface area contributed by atoms with Gasteiger partial charge in [-0.1, -0.05) is 35.2 Å². The van der Waals surface area contributed by atoms with E-state index >= 15 is 0 Å². The van der Waals surface area contributed by atoms with E-state index in [0.717, 1.165) is 28.8 Å². The summed E-state index contributed by atoms with van der Waals surface area (Å²) in [7, 11) is 0. The van der Waals surface area contributed by atoms with Crippen LogP contribution in [0.3, 0.4) is 0 Å². The molecule has 1 aliphatic rings. The van der Waals surface area contributed by atoms with E-state index in [1.54, 1.807) is 4.68 Å². The minimum atomic E-state index is 0.451. The molecule has 1 fully saturated rings. The highest BCUT2D eigenvalue weighted by molar-refractivity contribution is 9.10. The molecular formula is C13H16BrN5. The van der Waals surface area contributed by atoms with Gasteiger partial charge in [-0.2, -0.15) is 4.68 Å². The van der Waals surface area contributed by atoms with Crippen molar-refractivity contribution in [1.82, 2.24) is 20.2 Å². The molecule has 1 aromatic heterocycles. The number of anilines is 1. The van der Waals surface area contributed by atoms with Crippen LogP contribution in [0.15, 0.2) is 22.7 Å². The highest BCUT2D eigenvalue weighted by atomic mass is 79.9. The zero-order valence-corrected chi connectivity index (χ0v) is 12.2. The van der Waals surface area contributed by atoms with Gasteiger partial charge in [0.2, 0.25) is 0 Å². The van der Waals surface area contributed by atoms with Crippen LogP contribution in [0.1, 0.15) is 43.8 Å². The molecule has 1 saturated carbocycles. The molecule has 2 N–H and O–H groups in total. The van der Waals surface area contributed by atoms with Crippen LogP contribution in [0.5, 0.6) is 0 Å². The molecule has 0 radical (unpaired) electrons. The van der Waals surface area contributed by atoms with Crippen LogP contribution in [0.4, 0.5) is 5.69 Å². The highest BCUT2D eigenvalue weighted by Crippen LogP contribution is 2.33. The van der Waals surface area contributed by atoms with E-state index in [2.05, 4.69) is 31.5 Å². The van der Waals surface area contributed by atoms with Crippen LogP contribution in [0, 0.1) is 0 Å². The van der Waals surface area contributed by atoms with E-state index < -0.39 is 0 Å². The standard InChI is InChI=1S/C13H16BrN5/c14-10-6-7-12(11(15)8-10)19-13(16-17-18-19)9-4-2-1-3-5-9/h6-9H,1-5,15H2. The van der Waals surface area contributed by atoms with E-state index in [4.69, 9.17) is 5.73 Å². The minimum Gasteiger partial charge on any atom is -0.397 e. The van der Waals surface area contributed by atoms with Gasteiger partial charge in [0.05, 0.1) is 11.4 Å². The lowest BCUT2D eigenvalue weighted by molar-refractivity contribution is 0.422.